The average molecular weight is 248 g/mol. The molecule has 1 aliphatic rings. The Kier molecular flexibility index (Phi) is 4.86. The maximum atomic E-state index is 10.9. The predicted octanol–water partition coefficient (Wildman–Crippen LogP) is -0.787. The number of aliphatic hydroxyl groups is 1. The highest BCUT2D eigenvalue weighted by molar-refractivity contribution is 5.67. The number of carbonyl (C=O) groups is 2. The van der Waals surface area contributed by atoms with Crippen molar-refractivity contribution in [3.05, 3.63) is 0 Å². The molecular weight excluding hydrogens is 232 g/mol. The van der Waals surface area contributed by atoms with Crippen LogP contribution >= 0.6 is 0 Å². The smallest absolute Gasteiger partial charge is 0.303 e. The summed E-state index contributed by atoms with van der Waals surface area (Å²) in [7, 11) is 1.36. The number of carbonyl (C=O) groups excluding carboxylic acids is 2. The number of methoxy groups -OCH3 is 1. The zero-order valence-electron chi connectivity index (χ0n) is 9.91. The van der Waals surface area contributed by atoms with E-state index in [1.807, 2.05) is 0 Å². The van der Waals surface area contributed by atoms with Crippen LogP contribution in [0.4, 0.5) is 0 Å². The van der Waals surface area contributed by atoms with Gasteiger partial charge in [-0.15, -0.1) is 0 Å². The van der Waals surface area contributed by atoms with E-state index in [4.69, 9.17) is 18.9 Å². The van der Waals surface area contributed by atoms with E-state index in [0.29, 0.717) is 0 Å². The van der Waals surface area contributed by atoms with Crippen molar-refractivity contribution in [2.45, 2.75) is 38.4 Å². The lowest BCUT2D eigenvalue weighted by Crippen LogP contribution is -2.56. The highest BCUT2D eigenvalue weighted by Crippen LogP contribution is 2.21. The maximum absolute atomic E-state index is 10.9. The third kappa shape index (κ3) is 3.65. The molecule has 1 N–H and O–H groups in total. The topological polar surface area (TPSA) is 91.3 Å². The van der Waals surface area contributed by atoms with Crippen LogP contribution in [0.5, 0.6) is 0 Å². The van der Waals surface area contributed by atoms with Crippen molar-refractivity contribution in [3.8, 4) is 0 Å². The van der Waals surface area contributed by atoms with Crippen molar-refractivity contribution in [3.63, 3.8) is 0 Å². The van der Waals surface area contributed by atoms with Crippen LogP contribution in [0.25, 0.3) is 0 Å². The summed E-state index contributed by atoms with van der Waals surface area (Å²) in [6.45, 7) is 2.40. The summed E-state index contributed by atoms with van der Waals surface area (Å²) in [6.07, 6.45) is -3.94. The molecule has 4 unspecified atom stereocenters. The lowest BCUT2D eigenvalue weighted by molar-refractivity contribution is -0.270. The van der Waals surface area contributed by atoms with Crippen LogP contribution in [-0.2, 0) is 28.5 Å². The van der Waals surface area contributed by atoms with Gasteiger partial charge < -0.3 is 24.1 Å². The molecule has 98 valence electrons. The van der Waals surface area contributed by atoms with Crippen LogP contribution in [0.2, 0.25) is 0 Å². The molecule has 7 nitrogen and oxygen atoms in total. The number of aliphatic hydroxyl groups excluding tert-OH is 1. The van der Waals surface area contributed by atoms with Gasteiger partial charge in [-0.05, 0) is 0 Å². The van der Waals surface area contributed by atoms with E-state index in [2.05, 4.69) is 0 Å². The molecule has 1 saturated heterocycles. The average Bonchev–Trinajstić information content (AvgIpc) is 2.23. The molecular formula is C10H16O7. The van der Waals surface area contributed by atoms with Gasteiger partial charge in [0, 0.05) is 21.0 Å². The van der Waals surface area contributed by atoms with Crippen LogP contribution in [0, 0.1) is 0 Å². The maximum Gasteiger partial charge on any atom is 0.303 e. The molecule has 0 aromatic carbocycles. The second-order valence-electron chi connectivity index (χ2n) is 3.65. The minimum Gasteiger partial charge on any atom is -0.457 e. The van der Waals surface area contributed by atoms with Gasteiger partial charge in [0.25, 0.3) is 0 Å². The summed E-state index contributed by atoms with van der Waals surface area (Å²) < 4.78 is 19.9. The molecule has 0 aromatic heterocycles. The molecule has 17 heavy (non-hydrogen) atoms. The number of esters is 2. The van der Waals surface area contributed by atoms with Gasteiger partial charge >= 0.3 is 11.9 Å². The van der Waals surface area contributed by atoms with Crippen molar-refractivity contribution in [1.29, 1.82) is 0 Å². The molecule has 0 saturated carbocycles. The quantitative estimate of drug-likeness (QED) is 0.654. The van der Waals surface area contributed by atoms with Gasteiger partial charge in [0.05, 0.1) is 6.61 Å². The highest BCUT2D eigenvalue weighted by atomic mass is 16.7. The number of hydrogen-bond acceptors (Lipinski definition) is 7. The fraction of sp³-hybridized carbons (Fsp3) is 0.800. The standard InChI is InChI=1S/C10H16O7/c1-5(11)16-7-4-15-10(14-3)9(8(7)13)17-6(2)12/h7-10,13H,4H2,1-3H3. The molecule has 1 aliphatic heterocycles. The summed E-state index contributed by atoms with van der Waals surface area (Å²) in [6, 6.07) is 0. The van der Waals surface area contributed by atoms with E-state index in [1.165, 1.54) is 21.0 Å². The van der Waals surface area contributed by atoms with Crippen LogP contribution in [0.3, 0.4) is 0 Å². The Bertz CT molecular complexity index is 290. The van der Waals surface area contributed by atoms with Crippen LogP contribution < -0.4 is 0 Å². The summed E-state index contributed by atoms with van der Waals surface area (Å²) in [5.41, 5.74) is 0. The zero-order valence-corrected chi connectivity index (χ0v) is 9.91. The first kappa shape index (κ1) is 13.9. The molecule has 0 aromatic rings. The first-order valence-corrected chi connectivity index (χ1v) is 5.12. The third-order valence-electron chi connectivity index (χ3n) is 2.26. The Balaban J connectivity index is 2.72. The molecule has 1 fully saturated rings. The molecule has 0 amide bonds. The summed E-state index contributed by atoms with van der Waals surface area (Å²) in [4.78, 5) is 21.7. The Labute approximate surface area is 98.6 Å². The predicted molar refractivity (Wildman–Crippen MR) is 53.9 cm³/mol. The zero-order chi connectivity index (χ0) is 13.0. The first-order valence-electron chi connectivity index (χ1n) is 5.12. The lowest BCUT2D eigenvalue weighted by atomic mass is 10.1. The number of rotatable bonds is 3. The Morgan fingerprint density at radius 2 is 1.82 bits per heavy atom. The third-order valence-corrected chi connectivity index (χ3v) is 2.26. The van der Waals surface area contributed by atoms with E-state index in [1.54, 1.807) is 0 Å². The molecule has 7 heteroatoms. The minimum atomic E-state index is -1.18. The highest BCUT2D eigenvalue weighted by Gasteiger charge is 2.43. The van der Waals surface area contributed by atoms with Crippen LogP contribution in [0.1, 0.15) is 13.8 Å². The fourth-order valence-electron chi connectivity index (χ4n) is 1.59. The molecule has 1 heterocycles. The van der Waals surface area contributed by atoms with E-state index in [9.17, 15) is 14.7 Å². The van der Waals surface area contributed by atoms with Gasteiger partial charge in [0.15, 0.2) is 18.5 Å². The molecule has 1 rings (SSSR count). The number of ether oxygens (including phenoxy) is 4. The van der Waals surface area contributed by atoms with Crippen molar-refractivity contribution in [2.24, 2.45) is 0 Å². The largest absolute Gasteiger partial charge is 0.457 e. The Morgan fingerprint density at radius 1 is 1.24 bits per heavy atom. The number of hydrogen-bond donors (Lipinski definition) is 1. The summed E-state index contributed by atoms with van der Waals surface area (Å²) in [5.74, 6) is -1.13. The van der Waals surface area contributed by atoms with Crippen molar-refractivity contribution in [2.75, 3.05) is 13.7 Å². The molecule has 0 bridgehead atoms. The Hall–Kier alpha value is -1.18. The van der Waals surface area contributed by atoms with Crippen LogP contribution in [-0.4, -0.2) is 55.4 Å². The first-order chi connectivity index (χ1) is 7.95. The summed E-state index contributed by atoms with van der Waals surface area (Å²) >= 11 is 0. The second kappa shape index (κ2) is 5.95. The van der Waals surface area contributed by atoms with E-state index in [-0.39, 0.29) is 6.61 Å². The molecule has 0 radical (unpaired) electrons. The van der Waals surface area contributed by atoms with Gasteiger partial charge in [0.2, 0.25) is 0 Å². The van der Waals surface area contributed by atoms with Gasteiger partial charge in [-0.3, -0.25) is 9.59 Å². The lowest BCUT2D eigenvalue weighted by Gasteiger charge is -2.37. The van der Waals surface area contributed by atoms with Gasteiger partial charge in [-0.2, -0.15) is 0 Å². The van der Waals surface area contributed by atoms with Crippen molar-refractivity contribution < 1.29 is 33.6 Å². The van der Waals surface area contributed by atoms with Gasteiger partial charge in [0.1, 0.15) is 6.10 Å². The van der Waals surface area contributed by atoms with Crippen molar-refractivity contribution in [1.82, 2.24) is 0 Å². The normalized spacial score (nSPS) is 32.9. The fourth-order valence-corrected chi connectivity index (χ4v) is 1.59. The molecule has 0 spiro atoms. The van der Waals surface area contributed by atoms with E-state index < -0.39 is 36.5 Å². The Morgan fingerprint density at radius 3 is 2.29 bits per heavy atom. The van der Waals surface area contributed by atoms with Gasteiger partial charge in [-0.25, -0.2) is 0 Å². The SMILES string of the molecule is COC1OCC(OC(C)=O)C(O)C1OC(C)=O. The summed E-state index contributed by atoms with van der Waals surface area (Å²) in [5, 5.41) is 9.91. The van der Waals surface area contributed by atoms with Gasteiger partial charge in [-0.1, -0.05) is 0 Å². The molecule has 0 aliphatic carbocycles. The monoisotopic (exact) mass is 248 g/mol. The van der Waals surface area contributed by atoms with E-state index in [0.717, 1.165) is 0 Å². The minimum absolute atomic E-state index is 0.0168. The second-order valence-corrected chi connectivity index (χ2v) is 3.65. The van der Waals surface area contributed by atoms with Crippen LogP contribution in [0.15, 0.2) is 0 Å². The molecule has 4 atom stereocenters. The van der Waals surface area contributed by atoms with Crippen molar-refractivity contribution >= 4 is 11.9 Å². The van der Waals surface area contributed by atoms with E-state index >= 15 is 0 Å².